The molecular formula is C20H23N3O4. The van der Waals surface area contributed by atoms with E-state index in [9.17, 15) is 14.4 Å². The maximum Gasteiger partial charge on any atom is 0.335 e. The monoisotopic (exact) mass is 369 g/mol. The average Bonchev–Trinajstić information content (AvgIpc) is 2.60. The Morgan fingerprint density at radius 2 is 1.67 bits per heavy atom. The minimum atomic E-state index is -1.05. The van der Waals surface area contributed by atoms with E-state index in [0.29, 0.717) is 17.8 Å². The second-order valence-electron chi connectivity index (χ2n) is 6.37. The lowest BCUT2D eigenvalue weighted by Gasteiger charge is -2.11. The third kappa shape index (κ3) is 6.47. The van der Waals surface area contributed by atoms with Gasteiger partial charge in [-0.25, -0.2) is 9.59 Å². The predicted molar refractivity (Wildman–Crippen MR) is 103 cm³/mol. The van der Waals surface area contributed by atoms with Crippen LogP contribution in [0.5, 0.6) is 0 Å². The Morgan fingerprint density at radius 1 is 1.00 bits per heavy atom. The van der Waals surface area contributed by atoms with Crippen molar-refractivity contribution >= 4 is 23.6 Å². The van der Waals surface area contributed by atoms with E-state index in [-0.39, 0.29) is 30.0 Å². The lowest BCUT2D eigenvalue weighted by atomic mass is 10.0. The van der Waals surface area contributed by atoms with Gasteiger partial charge in [-0.15, -0.1) is 0 Å². The number of carboxylic acids is 1. The van der Waals surface area contributed by atoms with E-state index in [0.717, 1.165) is 5.56 Å². The topological polar surface area (TPSA) is 108 Å². The SMILES string of the molecule is CC(C)NC(=O)Nc1ccc(CNC(=O)Cc2ccccc2C(=O)O)cc1. The van der Waals surface area contributed by atoms with Crippen LogP contribution in [0.4, 0.5) is 10.5 Å². The summed E-state index contributed by atoms with van der Waals surface area (Å²) < 4.78 is 0. The zero-order valence-corrected chi connectivity index (χ0v) is 15.3. The van der Waals surface area contributed by atoms with E-state index >= 15 is 0 Å². The first-order valence-electron chi connectivity index (χ1n) is 8.59. The molecule has 0 bridgehead atoms. The number of urea groups is 1. The first kappa shape index (κ1) is 20.0. The molecule has 0 radical (unpaired) electrons. The van der Waals surface area contributed by atoms with Crippen molar-refractivity contribution in [1.29, 1.82) is 0 Å². The van der Waals surface area contributed by atoms with Crippen molar-refractivity contribution in [2.45, 2.75) is 32.9 Å². The molecule has 4 N–H and O–H groups in total. The van der Waals surface area contributed by atoms with E-state index in [1.54, 1.807) is 42.5 Å². The Balaban J connectivity index is 1.87. The highest BCUT2D eigenvalue weighted by Crippen LogP contribution is 2.11. The van der Waals surface area contributed by atoms with Gasteiger partial charge in [0.2, 0.25) is 5.91 Å². The molecule has 0 fully saturated rings. The number of nitrogens with one attached hydrogen (secondary N) is 3. The molecule has 0 aliphatic carbocycles. The molecule has 2 aromatic carbocycles. The standard InChI is InChI=1S/C20H23N3O4/c1-13(2)22-20(27)23-16-9-7-14(8-10-16)12-21-18(24)11-15-5-3-4-6-17(15)19(25)26/h3-10,13H,11-12H2,1-2H3,(H,21,24)(H,25,26)(H2,22,23,27). The smallest absolute Gasteiger partial charge is 0.335 e. The Hall–Kier alpha value is -3.35. The maximum absolute atomic E-state index is 12.1. The summed E-state index contributed by atoms with van der Waals surface area (Å²) in [5.74, 6) is -1.31. The summed E-state index contributed by atoms with van der Waals surface area (Å²) in [6.07, 6.45) is -0.00249. The zero-order chi connectivity index (χ0) is 19.8. The highest BCUT2D eigenvalue weighted by Gasteiger charge is 2.12. The molecule has 3 amide bonds. The van der Waals surface area contributed by atoms with Crippen molar-refractivity contribution in [1.82, 2.24) is 10.6 Å². The van der Waals surface area contributed by atoms with E-state index < -0.39 is 5.97 Å². The fourth-order valence-electron chi connectivity index (χ4n) is 2.45. The number of carbonyl (C=O) groups is 3. The summed E-state index contributed by atoms with van der Waals surface area (Å²) in [5.41, 5.74) is 2.12. The first-order chi connectivity index (χ1) is 12.8. The van der Waals surface area contributed by atoms with Crippen molar-refractivity contribution in [3.8, 4) is 0 Å². The highest BCUT2D eigenvalue weighted by atomic mass is 16.4. The van der Waals surface area contributed by atoms with Gasteiger partial charge in [-0.2, -0.15) is 0 Å². The molecule has 0 heterocycles. The summed E-state index contributed by atoms with van der Waals surface area (Å²) in [6, 6.07) is 13.3. The summed E-state index contributed by atoms with van der Waals surface area (Å²) in [5, 5.41) is 17.4. The average molecular weight is 369 g/mol. The summed E-state index contributed by atoms with van der Waals surface area (Å²) in [4.78, 5) is 34.9. The van der Waals surface area contributed by atoms with Crippen molar-refractivity contribution in [2.75, 3.05) is 5.32 Å². The Bertz CT molecular complexity index is 816. The van der Waals surface area contributed by atoms with Gasteiger partial charge in [-0.05, 0) is 43.2 Å². The van der Waals surface area contributed by atoms with E-state index in [2.05, 4.69) is 16.0 Å². The van der Waals surface area contributed by atoms with E-state index in [4.69, 9.17) is 5.11 Å². The molecule has 0 unspecified atom stereocenters. The maximum atomic E-state index is 12.1. The molecule has 142 valence electrons. The minimum absolute atomic E-state index is 0.00249. The molecule has 0 saturated carbocycles. The Labute approximate surface area is 157 Å². The molecule has 7 nitrogen and oxygen atoms in total. The third-order valence-corrected chi connectivity index (χ3v) is 3.72. The fourth-order valence-corrected chi connectivity index (χ4v) is 2.45. The number of rotatable bonds is 7. The number of carboxylic acid groups (broad SMARTS) is 1. The van der Waals surface area contributed by atoms with Crippen LogP contribution in [-0.2, 0) is 17.8 Å². The van der Waals surface area contributed by atoms with Crippen molar-refractivity contribution in [3.05, 3.63) is 65.2 Å². The minimum Gasteiger partial charge on any atom is -0.478 e. The summed E-state index contributed by atoms with van der Waals surface area (Å²) >= 11 is 0. The number of hydrogen-bond donors (Lipinski definition) is 4. The highest BCUT2D eigenvalue weighted by molar-refractivity contribution is 5.91. The van der Waals surface area contributed by atoms with Crippen molar-refractivity contribution in [3.63, 3.8) is 0 Å². The van der Waals surface area contributed by atoms with Gasteiger partial charge >= 0.3 is 12.0 Å². The molecule has 0 aliphatic heterocycles. The molecule has 0 spiro atoms. The van der Waals surface area contributed by atoms with Gasteiger partial charge in [-0.3, -0.25) is 4.79 Å². The van der Waals surface area contributed by atoms with Crippen LogP contribution < -0.4 is 16.0 Å². The van der Waals surface area contributed by atoms with Crippen LogP contribution in [0.25, 0.3) is 0 Å². The number of carbonyl (C=O) groups excluding carboxylic acids is 2. The van der Waals surface area contributed by atoms with Crippen LogP contribution in [0.1, 0.15) is 35.3 Å². The van der Waals surface area contributed by atoms with Crippen LogP contribution in [0, 0.1) is 0 Å². The number of aromatic carboxylic acids is 1. The second kappa shape index (κ2) is 9.38. The molecule has 0 saturated heterocycles. The van der Waals surface area contributed by atoms with Gasteiger partial charge < -0.3 is 21.1 Å². The van der Waals surface area contributed by atoms with Gasteiger partial charge in [0.15, 0.2) is 0 Å². The van der Waals surface area contributed by atoms with E-state index in [1.807, 2.05) is 13.8 Å². The van der Waals surface area contributed by atoms with Crippen LogP contribution in [0.2, 0.25) is 0 Å². The van der Waals surface area contributed by atoms with Crippen LogP contribution >= 0.6 is 0 Å². The lowest BCUT2D eigenvalue weighted by molar-refractivity contribution is -0.120. The molecule has 2 aromatic rings. The largest absolute Gasteiger partial charge is 0.478 e. The fraction of sp³-hybridized carbons (Fsp3) is 0.250. The van der Waals surface area contributed by atoms with Crippen LogP contribution in [-0.4, -0.2) is 29.1 Å². The molecule has 0 aromatic heterocycles. The predicted octanol–water partition coefficient (Wildman–Crippen LogP) is 2.77. The molecule has 27 heavy (non-hydrogen) atoms. The van der Waals surface area contributed by atoms with E-state index in [1.165, 1.54) is 6.07 Å². The quantitative estimate of drug-likeness (QED) is 0.602. The van der Waals surface area contributed by atoms with Gasteiger partial charge in [0, 0.05) is 18.3 Å². The normalized spacial score (nSPS) is 10.3. The Morgan fingerprint density at radius 3 is 2.30 bits per heavy atom. The number of benzene rings is 2. The van der Waals surface area contributed by atoms with Gasteiger partial charge in [0.25, 0.3) is 0 Å². The first-order valence-corrected chi connectivity index (χ1v) is 8.59. The molecule has 7 heteroatoms. The van der Waals surface area contributed by atoms with Crippen molar-refractivity contribution in [2.24, 2.45) is 0 Å². The molecule has 0 aliphatic rings. The van der Waals surface area contributed by atoms with Gasteiger partial charge in [-0.1, -0.05) is 30.3 Å². The van der Waals surface area contributed by atoms with Gasteiger partial charge in [0.05, 0.1) is 12.0 Å². The number of amides is 3. The van der Waals surface area contributed by atoms with Crippen molar-refractivity contribution < 1.29 is 19.5 Å². The number of anilines is 1. The van der Waals surface area contributed by atoms with Crippen LogP contribution in [0.15, 0.2) is 48.5 Å². The molecular weight excluding hydrogens is 346 g/mol. The zero-order valence-electron chi connectivity index (χ0n) is 15.3. The summed E-state index contributed by atoms with van der Waals surface area (Å²) in [7, 11) is 0. The lowest BCUT2D eigenvalue weighted by Crippen LogP contribution is -2.34. The Kier molecular flexibility index (Phi) is 6.93. The second-order valence-corrected chi connectivity index (χ2v) is 6.37. The number of hydrogen-bond acceptors (Lipinski definition) is 3. The van der Waals surface area contributed by atoms with Crippen LogP contribution in [0.3, 0.4) is 0 Å². The third-order valence-electron chi connectivity index (χ3n) is 3.72. The molecule has 0 atom stereocenters. The summed E-state index contributed by atoms with van der Waals surface area (Å²) in [6.45, 7) is 4.06. The molecule has 2 rings (SSSR count). The van der Waals surface area contributed by atoms with Gasteiger partial charge in [0.1, 0.15) is 0 Å².